The van der Waals surface area contributed by atoms with Crippen molar-refractivity contribution in [1.29, 1.82) is 0 Å². The second-order valence-electron chi connectivity index (χ2n) is 3.63. The molecule has 0 atom stereocenters. The molecule has 1 rings (SSSR count). The number of hydrogen-bond acceptors (Lipinski definition) is 4. The van der Waals surface area contributed by atoms with Crippen LogP contribution in [-0.2, 0) is 6.18 Å². The quantitative estimate of drug-likeness (QED) is 0.387. The minimum absolute atomic E-state index is 0.183. The van der Waals surface area contributed by atoms with Gasteiger partial charge in [-0.3, -0.25) is 10.1 Å². The van der Waals surface area contributed by atoms with Gasteiger partial charge in [0.2, 0.25) is 0 Å². The summed E-state index contributed by atoms with van der Waals surface area (Å²) in [7, 11) is 0. The highest BCUT2D eigenvalue weighted by atomic mass is 19.4. The molecule has 104 valence electrons. The van der Waals surface area contributed by atoms with Gasteiger partial charge in [0.05, 0.1) is 4.92 Å². The predicted molar refractivity (Wildman–Crippen MR) is 63.8 cm³/mol. The number of anilines is 1. The van der Waals surface area contributed by atoms with E-state index in [-0.39, 0.29) is 5.69 Å². The fraction of sp³-hybridized carbons (Fsp3) is 0.364. The normalized spacial score (nSPS) is 11.8. The number of pyridine rings is 1. The molecule has 0 aliphatic heterocycles. The smallest absolute Gasteiger partial charge is 0.379 e. The van der Waals surface area contributed by atoms with E-state index in [4.69, 9.17) is 0 Å². The Morgan fingerprint density at radius 2 is 2.21 bits per heavy atom. The van der Waals surface area contributed by atoms with E-state index in [1.165, 1.54) is 0 Å². The molecule has 0 bridgehead atoms. The molecule has 5 nitrogen and oxygen atoms in total. The minimum Gasteiger partial charge on any atom is -0.379 e. The van der Waals surface area contributed by atoms with E-state index in [1.807, 2.05) is 0 Å². The van der Waals surface area contributed by atoms with Crippen LogP contribution in [0.5, 0.6) is 0 Å². The molecule has 0 aliphatic rings. The Morgan fingerprint density at radius 3 is 2.74 bits per heavy atom. The third kappa shape index (κ3) is 4.23. The molecule has 0 spiro atoms. The summed E-state index contributed by atoms with van der Waals surface area (Å²) < 4.78 is 37.4. The zero-order chi connectivity index (χ0) is 14.5. The van der Waals surface area contributed by atoms with Gasteiger partial charge < -0.3 is 5.32 Å². The van der Waals surface area contributed by atoms with Gasteiger partial charge in [0.15, 0.2) is 0 Å². The topological polar surface area (TPSA) is 68.1 Å². The second-order valence-corrected chi connectivity index (χ2v) is 3.63. The van der Waals surface area contributed by atoms with Gasteiger partial charge in [-0.25, -0.2) is 4.98 Å². The average molecular weight is 275 g/mol. The number of rotatable bonds is 5. The van der Waals surface area contributed by atoms with Crippen LogP contribution in [0.1, 0.15) is 19.0 Å². The summed E-state index contributed by atoms with van der Waals surface area (Å²) in [6.45, 7) is 2.10. The van der Waals surface area contributed by atoms with E-state index in [1.54, 1.807) is 19.1 Å². The molecule has 0 aliphatic carbocycles. The van der Waals surface area contributed by atoms with Crippen molar-refractivity contribution in [2.24, 2.45) is 0 Å². The van der Waals surface area contributed by atoms with Crippen molar-refractivity contribution in [1.82, 2.24) is 4.98 Å². The van der Waals surface area contributed by atoms with Crippen LogP contribution in [-0.4, -0.2) is 16.5 Å². The van der Waals surface area contributed by atoms with E-state index in [0.29, 0.717) is 25.2 Å². The molecular formula is C11H12F3N3O2. The van der Waals surface area contributed by atoms with Gasteiger partial charge in [0, 0.05) is 6.54 Å². The first-order valence-corrected chi connectivity index (χ1v) is 5.43. The number of nitrogens with one attached hydrogen (secondary N) is 1. The lowest BCUT2D eigenvalue weighted by atomic mass is 10.2. The maximum absolute atomic E-state index is 12.5. The molecule has 0 saturated heterocycles. The van der Waals surface area contributed by atoms with Crippen molar-refractivity contribution in [2.75, 3.05) is 11.9 Å². The van der Waals surface area contributed by atoms with Crippen molar-refractivity contribution < 1.29 is 18.1 Å². The highest BCUT2D eigenvalue weighted by molar-refractivity contribution is 5.61. The van der Waals surface area contributed by atoms with Gasteiger partial charge in [-0.05, 0) is 19.4 Å². The van der Waals surface area contributed by atoms with E-state index in [9.17, 15) is 23.3 Å². The Balaban J connectivity index is 2.99. The number of aromatic nitrogens is 1. The summed E-state index contributed by atoms with van der Waals surface area (Å²) in [6.07, 6.45) is 0.113. The summed E-state index contributed by atoms with van der Waals surface area (Å²) in [5.41, 5.74) is -1.82. The molecule has 1 N–H and O–H groups in total. The summed E-state index contributed by atoms with van der Waals surface area (Å²) in [6, 6.07) is 0.647. The lowest BCUT2D eigenvalue weighted by molar-refractivity contribution is -0.384. The van der Waals surface area contributed by atoms with Gasteiger partial charge in [-0.1, -0.05) is 12.2 Å². The predicted octanol–water partition coefficient (Wildman–Crippen LogP) is 3.39. The van der Waals surface area contributed by atoms with Crippen molar-refractivity contribution in [3.8, 4) is 0 Å². The van der Waals surface area contributed by atoms with E-state index in [0.717, 1.165) is 0 Å². The Kier molecular flexibility index (Phi) is 4.85. The molecule has 0 fully saturated rings. The molecule has 0 radical (unpaired) electrons. The van der Waals surface area contributed by atoms with Crippen LogP contribution in [0.4, 0.5) is 24.5 Å². The Hall–Kier alpha value is -2.12. The van der Waals surface area contributed by atoms with Crippen molar-refractivity contribution in [2.45, 2.75) is 19.5 Å². The van der Waals surface area contributed by atoms with E-state index < -0.39 is 22.5 Å². The van der Waals surface area contributed by atoms with E-state index >= 15 is 0 Å². The summed E-state index contributed by atoms with van der Waals surface area (Å²) in [5.74, 6) is 0. The average Bonchev–Trinajstić information content (AvgIpc) is 2.33. The molecule has 0 aromatic carbocycles. The van der Waals surface area contributed by atoms with Crippen LogP contribution in [0.2, 0.25) is 0 Å². The summed E-state index contributed by atoms with van der Waals surface area (Å²) in [4.78, 5) is 13.0. The van der Waals surface area contributed by atoms with Crippen molar-refractivity contribution >= 4 is 11.4 Å². The fourth-order valence-corrected chi connectivity index (χ4v) is 1.35. The number of halogens is 3. The molecule has 0 unspecified atom stereocenters. The van der Waals surface area contributed by atoms with Crippen LogP contribution in [0.25, 0.3) is 0 Å². The highest BCUT2D eigenvalue weighted by Crippen LogP contribution is 2.32. The van der Waals surface area contributed by atoms with Crippen LogP contribution in [0.3, 0.4) is 0 Å². The van der Waals surface area contributed by atoms with Gasteiger partial charge in [-0.2, -0.15) is 13.2 Å². The molecule has 1 heterocycles. The number of hydrogen-bond donors (Lipinski definition) is 1. The molecule has 8 heteroatoms. The third-order valence-electron chi connectivity index (χ3n) is 2.23. The largest absolute Gasteiger partial charge is 0.433 e. The van der Waals surface area contributed by atoms with E-state index in [2.05, 4.69) is 10.3 Å². The van der Waals surface area contributed by atoms with Gasteiger partial charge in [0.1, 0.15) is 17.6 Å². The maximum Gasteiger partial charge on any atom is 0.433 e. The summed E-state index contributed by atoms with van der Waals surface area (Å²) >= 11 is 0. The number of nitro groups is 1. The lowest BCUT2D eigenvalue weighted by Gasteiger charge is -2.09. The number of allylic oxidation sites excluding steroid dienone is 1. The molecule has 0 amide bonds. The fourth-order valence-electron chi connectivity index (χ4n) is 1.35. The van der Waals surface area contributed by atoms with Crippen molar-refractivity contribution in [3.63, 3.8) is 0 Å². The second kappa shape index (κ2) is 6.17. The SMILES string of the molecule is C/C=C/CCNc1cc(C(F)(F)F)ncc1[N+](=O)[O-]. The first-order valence-electron chi connectivity index (χ1n) is 5.43. The van der Waals surface area contributed by atoms with Crippen LogP contribution in [0, 0.1) is 10.1 Å². The molecule has 1 aromatic rings. The minimum atomic E-state index is -4.63. The van der Waals surface area contributed by atoms with Gasteiger partial charge >= 0.3 is 11.9 Å². The molecule has 19 heavy (non-hydrogen) atoms. The van der Waals surface area contributed by atoms with Gasteiger partial charge in [0.25, 0.3) is 0 Å². The Bertz CT molecular complexity index is 487. The Labute approximate surface area is 107 Å². The van der Waals surface area contributed by atoms with Crippen LogP contribution < -0.4 is 5.32 Å². The number of alkyl halides is 3. The van der Waals surface area contributed by atoms with Gasteiger partial charge in [-0.15, -0.1) is 0 Å². The summed E-state index contributed by atoms with van der Waals surface area (Å²) in [5, 5.41) is 13.3. The van der Waals surface area contributed by atoms with Crippen LogP contribution >= 0.6 is 0 Å². The first-order chi connectivity index (χ1) is 8.86. The number of nitrogens with zero attached hydrogens (tertiary/aromatic N) is 2. The zero-order valence-electron chi connectivity index (χ0n) is 10.1. The monoisotopic (exact) mass is 275 g/mol. The lowest BCUT2D eigenvalue weighted by Crippen LogP contribution is -2.11. The first kappa shape index (κ1) is 14.9. The third-order valence-corrected chi connectivity index (χ3v) is 2.23. The Morgan fingerprint density at radius 1 is 1.53 bits per heavy atom. The zero-order valence-corrected chi connectivity index (χ0v) is 10.1. The molecule has 0 saturated carbocycles. The standard InChI is InChI=1S/C11H12F3N3O2/c1-2-3-4-5-15-8-6-10(11(12,13)14)16-7-9(8)17(18)19/h2-3,6-7H,4-5H2,1H3,(H,15,16)/b3-2+. The van der Waals surface area contributed by atoms with Crippen molar-refractivity contribution in [3.05, 3.63) is 40.2 Å². The maximum atomic E-state index is 12.5. The highest BCUT2D eigenvalue weighted by Gasteiger charge is 2.34. The molecule has 1 aromatic heterocycles. The van der Waals surface area contributed by atoms with Crippen LogP contribution in [0.15, 0.2) is 24.4 Å². The molecular weight excluding hydrogens is 263 g/mol.